The first-order valence-corrected chi connectivity index (χ1v) is 26.8. The average molecular weight is 1130 g/mol. The second kappa shape index (κ2) is 29.6. The summed E-state index contributed by atoms with van der Waals surface area (Å²) in [7, 11) is 1.57. The number of carbonyl (C=O) groups excluding carboxylic acids is 11. The Morgan fingerprint density at radius 1 is 0.825 bits per heavy atom. The summed E-state index contributed by atoms with van der Waals surface area (Å²) in [4.78, 5) is 141. The number of rotatable bonds is 28. The molecule has 428 valence electrons. The van der Waals surface area contributed by atoms with Crippen molar-refractivity contribution < 1.29 is 62.2 Å². The van der Waals surface area contributed by atoms with Crippen LogP contribution in [0.5, 0.6) is 0 Å². The van der Waals surface area contributed by atoms with E-state index in [1.807, 2.05) is 6.07 Å². The number of fused-ring (bicyclic) bond motifs is 1. The highest BCUT2D eigenvalue weighted by molar-refractivity contribution is 6.31. The molecule has 24 nitrogen and oxygen atoms in total. The zero-order valence-electron chi connectivity index (χ0n) is 44.9. The predicted molar refractivity (Wildman–Crippen MR) is 292 cm³/mol. The SMILES string of the molecule is CC(C)[C@H](NC(=O)CCCCCN1C(=O)C=CC1=O)C(=O)N[C@@H](CCCNC(N)=O)C(=O)Nc1ccc(COC(=O)N(C)CCOCCc2ccc(NC(=O)NCc3ccc4c(c3)CN(C3CCC(=O)NC3=O)C4=O)cc2Cl)cc1. The number of carbonyl (C=O) groups is 11. The lowest BCUT2D eigenvalue weighted by molar-refractivity contribution is -0.138. The van der Waals surface area contributed by atoms with Crippen LogP contribution >= 0.6 is 11.6 Å². The van der Waals surface area contributed by atoms with Crippen LogP contribution in [0.1, 0.15) is 97.8 Å². The number of piperidine rings is 1. The number of imide groups is 2. The van der Waals surface area contributed by atoms with Crippen LogP contribution in [0.2, 0.25) is 5.02 Å². The van der Waals surface area contributed by atoms with Crippen molar-refractivity contribution in [2.75, 3.05) is 50.5 Å². The van der Waals surface area contributed by atoms with Gasteiger partial charge >= 0.3 is 18.2 Å². The number of nitrogens with two attached hydrogens (primary N) is 1. The molecule has 0 aromatic heterocycles. The third-order valence-electron chi connectivity index (χ3n) is 13.4. The zero-order valence-corrected chi connectivity index (χ0v) is 45.6. The van der Waals surface area contributed by atoms with E-state index in [0.29, 0.717) is 59.8 Å². The van der Waals surface area contributed by atoms with Crippen LogP contribution in [0, 0.1) is 5.92 Å². The summed E-state index contributed by atoms with van der Waals surface area (Å²) in [5, 5.41) is 19.0. The number of nitrogens with one attached hydrogen (secondary N) is 7. The minimum atomic E-state index is -1.06. The van der Waals surface area contributed by atoms with Crippen LogP contribution in [0.15, 0.2) is 72.8 Å². The molecule has 3 heterocycles. The molecule has 13 amide bonds. The number of halogens is 1. The lowest BCUT2D eigenvalue weighted by Gasteiger charge is -2.29. The third-order valence-corrected chi connectivity index (χ3v) is 13.7. The van der Waals surface area contributed by atoms with Gasteiger partial charge in [-0.25, -0.2) is 14.4 Å². The van der Waals surface area contributed by atoms with Crippen molar-refractivity contribution in [1.29, 1.82) is 0 Å². The summed E-state index contributed by atoms with van der Waals surface area (Å²) in [5.41, 5.74) is 9.42. The fourth-order valence-corrected chi connectivity index (χ4v) is 9.16. The van der Waals surface area contributed by atoms with Crippen molar-refractivity contribution in [2.45, 2.75) is 109 Å². The Labute approximate surface area is 467 Å². The number of benzene rings is 3. The molecular formula is C55H68ClN11O13. The third kappa shape index (κ3) is 18.1. The van der Waals surface area contributed by atoms with E-state index in [1.165, 1.54) is 22.0 Å². The van der Waals surface area contributed by atoms with E-state index in [1.54, 1.807) is 75.5 Å². The van der Waals surface area contributed by atoms with Gasteiger partial charge in [0.15, 0.2) is 0 Å². The molecule has 3 atom stereocenters. The van der Waals surface area contributed by atoms with Crippen LogP contribution < -0.4 is 43.0 Å². The number of anilines is 2. The molecule has 0 bridgehead atoms. The summed E-state index contributed by atoms with van der Waals surface area (Å²) in [6.07, 6.45) is 4.81. The van der Waals surface area contributed by atoms with Crippen LogP contribution in [0.25, 0.3) is 0 Å². The smallest absolute Gasteiger partial charge is 0.409 e. The quantitative estimate of drug-likeness (QED) is 0.0380. The number of hydrogen-bond donors (Lipinski definition) is 8. The first-order valence-electron chi connectivity index (χ1n) is 26.4. The lowest BCUT2D eigenvalue weighted by Crippen LogP contribution is -2.54. The van der Waals surface area contributed by atoms with Crippen molar-refractivity contribution in [2.24, 2.45) is 11.7 Å². The van der Waals surface area contributed by atoms with Crippen LogP contribution in [0.4, 0.5) is 25.8 Å². The van der Waals surface area contributed by atoms with E-state index in [2.05, 4.69) is 37.2 Å². The van der Waals surface area contributed by atoms with Gasteiger partial charge in [0.1, 0.15) is 24.7 Å². The Bertz CT molecular complexity index is 2830. The Morgan fingerprint density at radius 2 is 1.55 bits per heavy atom. The monoisotopic (exact) mass is 1130 g/mol. The van der Waals surface area contributed by atoms with E-state index in [9.17, 15) is 52.7 Å². The highest BCUT2D eigenvalue weighted by Crippen LogP contribution is 2.29. The first kappa shape index (κ1) is 60.8. The zero-order chi connectivity index (χ0) is 57.9. The van der Waals surface area contributed by atoms with Gasteiger partial charge < -0.3 is 56.9 Å². The maximum absolute atomic E-state index is 13.6. The Kier molecular flexibility index (Phi) is 22.5. The number of hydrogen-bond acceptors (Lipinski definition) is 13. The van der Waals surface area contributed by atoms with Crippen LogP contribution in [-0.2, 0) is 69.2 Å². The molecule has 80 heavy (non-hydrogen) atoms. The standard InChI is InChI=1S/C55H68ClN11O13/c1-33(2)48(63-44(68)9-5-4-6-24-66-46(70)20-21-47(66)71)51(74)62-42(8-7-23-58-53(57)76)49(72)60-38-14-10-34(11-15-38)32-80-55(78)65(3)25-27-79-26-22-36-13-16-39(29-41(36)56)61-54(77)59-30-35-12-17-40-37(28-35)31-67(52(40)75)43-18-19-45(69)64-50(43)73/h10-17,20-21,28-29,33,42-43,48H,4-9,18-19,22-27,30-32H2,1-3H3,(H,60,72)(H,62,74)(H,63,68)(H3,57,58,76)(H2,59,61,77)(H,64,69,73)/t42-,43?,48-/m0/s1. The molecule has 0 saturated carbocycles. The van der Waals surface area contributed by atoms with E-state index in [4.69, 9.17) is 26.8 Å². The first-order chi connectivity index (χ1) is 38.3. The number of amides is 13. The maximum atomic E-state index is 13.6. The molecule has 3 aliphatic rings. The van der Waals surface area contributed by atoms with Gasteiger partial charge in [-0.2, -0.15) is 0 Å². The van der Waals surface area contributed by atoms with Crippen LogP contribution in [0.3, 0.4) is 0 Å². The Hall–Kier alpha value is -8.38. The molecule has 0 aliphatic carbocycles. The van der Waals surface area contributed by atoms with Crippen molar-refractivity contribution in [1.82, 2.24) is 41.3 Å². The van der Waals surface area contributed by atoms with E-state index < -0.39 is 54.0 Å². The maximum Gasteiger partial charge on any atom is 0.409 e. The molecule has 25 heteroatoms. The molecule has 0 radical (unpaired) electrons. The predicted octanol–water partition coefficient (Wildman–Crippen LogP) is 3.75. The molecule has 1 saturated heterocycles. The second-order valence-electron chi connectivity index (χ2n) is 19.8. The van der Waals surface area contributed by atoms with Crippen molar-refractivity contribution in [3.05, 3.63) is 106 Å². The van der Waals surface area contributed by atoms with Crippen molar-refractivity contribution >= 4 is 88.4 Å². The Balaban J connectivity index is 0.865. The summed E-state index contributed by atoms with van der Waals surface area (Å²) in [5.74, 6) is -3.68. The number of urea groups is 2. The molecule has 6 rings (SSSR count). The largest absolute Gasteiger partial charge is 0.445 e. The number of unbranched alkanes of at least 4 members (excludes halogenated alkanes) is 2. The minimum absolute atomic E-state index is 0.0676. The van der Waals surface area contributed by atoms with E-state index in [0.717, 1.165) is 21.6 Å². The fourth-order valence-electron chi connectivity index (χ4n) is 8.88. The summed E-state index contributed by atoms with van der Waals surface area (Å²) in [6.45, 7) is 4.97. The summed E-state index contributed by atoms with van der Waals surface area (Å²) >= 11 is 6.54. The van der Waals surface area contributed by atoms with Gasteiger partial charge in [-0.05, 0) is 97.0 Å². The Morgan fingerprint density at radius 3 is 2.25 bits per heavy atom. The van der Waals surface area contributed by atoms with Gasteiger partial charge in [0.25, 0.3) is 17.7 Å². The van der Waals surface area contributed by atoms with Crippen LogP contribution in [-0.4, -0.2) is 138 Å². The number of likely N-dealkylation sites (N-methyl/N-ethyl adjacent to an activating group) is 1. The number of nitrogens with zero attached hydrogens (tertiary/aromatic N) is 3. The van der Waals surface area contributed by atoms with Gasteiger partial charge in [-0.1, -0.05) is 62.2 Å². The van der Waals surface area contributed by atoms with Gasteiger partial charge in [-0.3, -0.25) is 48.6 Å². The van der Waals surface area contributed by atoms with Crippen molar-refractivity contribution in [3.8, 4) is 0 Å². The molecule has 3 aromatic carbocycles. The topological polar surface area (TPSA) is 326 Å². The van der Waals surface area contributed by atoms with E-state index in [-0.39, 0.29) is 113 Å². The molecule has 3 aromatic rings. The normalized spacial score (nSPS) is 15.5. The number of primary amides is 1. The molecule has 9 N–H and O–H groups in total. The number of ether oxygens (including phenoxy) is 2. The van der Waals surface area contributed by atoms with E-state index >= 15 is 0 Å². The van der Waals surface area contributed by atoms with Gasteiger partial charge in [0, 0.05) is 86.7 Å². The lowest BCUT2D eigenvalue weighted by atomic mass is 10.0. The molecule has 3 aliphatic heterocycles. The molecular weight excluding hydrogens is 1060 g/mol. The highest BCUT2D eigenvalue weighted by atomic mass is 35.5. The molecule has 1 unspecified atom stereocenters. The minimum Gasteiger partial charge on any atom is -0.445 e. The van der Waals surface area contributed by atoms with Crippen molar-refractivity contribution in [3.63, 3.8) is 0 Å². The summed E-state index contributed by atoms with van der Waals surface area (Å²) in [6, 6.07) is 12.9. The summed E-state index contributed by atoms with van der Waals surface area (Å²) < 4.78 is 11.2. The molecule has 0 spiro atoms. The van der Waals surface area contributed by atoms with Gasteiger partial charge in [0.05, 0.1) is 13.2 Å². The highest BCUT2D eigenvalue weighted by Gasteiger charge is 2.39. The van der Waals surface area contributed by atoms with Gasteiger partial charge in [-0.15, -0.1) is 0 Å². The van der Waals surface area contributed by atoms with Gasteiger partial charge in [0.2, 0.25) is 29.5 Å². The second-order valence-corrected chi connectivity index (χ2v) is 20.2. The fraction of sp³-hybridized carbons (Fsp3) is 0.436. The molecule has 1 fully saturated rings. The average Bonchev–Trinajstić information content (AvgIpc) is 3.93.